The normalized spacial score (nSPS) is 11.9. The van der Waals surface area contributed by atoms with E-state index < -0.39 is 5.63 Å². The molecule has 1 N–H and O–H groups in total. The molecule has 6 nitrogen and oxygen atoms in total. The quantitative estimate of drug-likeness (QED) is 0.485. The lowest BCUT2D eigenvalue weighted by Gasteiger charge is -2.17. The Balaban J connectivity index is 1.75. The number of nitrogens with one attached hydrogen (secondary N) is 1. The molecular weight excluding hydrogens is 392 g/mol. The van der Waals surface area contributed by atoms with E-state index in [4.69, 9.17) is 8.83 Å². The summed E-state index contributed by atoms with van der Waals surface area (Å²) in [6.07, 6.45) is 3.38. The van der Waals surface area contributed by atoms with E-state index in [1.807, 2.05) is 38.1 Å². The zero-order valence-corrected chi connectivity index (χ0v) is 18.5. The van der Waals surface area contributed by atoms with Crippen molar-refractivity contribution < 1.29 is 13.6 Å². The zero-order valence-electron chi connectivity index (χ0n) is 18.5. The van der Waals surface area contributed by atoms with E-state index in [-0.39, 0.29) is 17.7 Å². The Bertz CT molecular complexity index is 1340. The van der Waals surface area contributed by atoms with Crippen LogP contribution < -0.4 is 10.9 Å². The molecule has 3 aromatic heterocycles. The van der Waals surface area contributed by atoms with Gasteiger partial charge in [0.1, 0.15) is 11.2 Å². The van der Waals surface area contributed by atoms with Crippen molar-refractivity contribution in [2.75, 3.05) is 0 Å². The second-order valence-corrected chi connectivity index (χ2v) is 8.94. The number of rotatable bonds is 4. The van der Waals surface area contributed by atoms with Gasteiger partial charge >= 0.3 is 5.63 Å². The van der Waals surface area contributed by atoms with Gasteiger partial charge in [-0.2, -0.15) is 0 Å². The monoisotopic (exact) mass is 418 g/mol. The van der Waals surface area contributed by atoms with Gasteiger partial charge in [0.15, 0.2) is 0 Å². The number of furan rings is 1. The van der Waals surface area contributed by atoms with Gasteiger partial charge in [0.2, 0.25) is 5.91 Å². The molecule has 0 aliphatic rings. The summed E-state index contributed by atoms with van der Waals surface area (Å²) in [5, 5.41) is 4.58. The maximum absolute atomic E-state index is 12.7. The maximum Gasteiger partial charge on any atom is 0.340 e. The van der Waals surface area contributed by atoms with Crippen molar-refractivity contribution in [1.29, 1.82) is 0 Å². The van der Waals surface area contributed by atoms with Gasteiger partial charge in [-0.25, -0.2) is 4.79 Å². The highest BCUT2D eigenvalue weighted by molar-refractivity contribution is 6.07. The molecule has 3 heterocycles. The van der Waals surface area contributed by atoms with Gasteiger partial charge in [0.25, 0.3) is 0 Å². The van der Waals surface area contributed by atoms with Crippen molar-refractivity contribution in [3.8, 4) is 0 Å². The van der Waals surface area contributed by atoms with Crippen LogP contribution >= 0.6 is 0 Å². The second-order valence-electron chi connectivity index (χ2n) is 8.94. The minimum absolute atomic E-state index is 0.0703. The van der Waals surface area contributed by atoms with Crippen molar-refractivity contribution in [3.63, 3.8) is 0 Å². The third kappa shape index (κ3) is 3.85. The Morgan fingerprint density at radius 2 is 1.94 bits per heavy atom. The van der Waals surface area contributed by atoms with Crippen LogP contribution in [0, 0.1) is 13.8 Å². The van der Waals surface area contributed by atoms with Crippen molar-refractivity contribution in [2.24, 2.45) is 0 Å². The fourth-order valence-corrected chi connectivity index (χ4v) is 3.96. The number of carbonyl (C=O) groups excluding carboxylic acids is 1. The zero-order chi connectivity index (χ0) is 22.3. The number of pyridine rings is 1. The molecule has 0 spiro atoms. The molecular formula is C25H26N2O4. The number of hydrogen-bond donors (Lipinski definition) is 1. The predicted molar refractivity (Wildman–Crippen MR) is 120 cm³/mol. The highest BCUT2D eigenvalue weighted by atomic mass is 16.4. The Kier molecular flexibility index (Phi) is 5.17. The Morgan fingerprint density at radius 1 is 1.16 bits per heavy atom. The standard InChI is InChI=1S/C25H26N2O4/c1-14-10-19-22(23-21(14)18(13-30-23)25(3,4)5)15(2)17(24(29)31-19)11-20(28)27-12-16-8-6-7-9-26-16/h6-10,13H,11-12H2,1-5H3,(H,27,28). The molecule has 0 saturated heterocycles. The molecule has 6 heteroatoms. The van der Waals surface area contributed by atoms with E-state index in [2.05, 4.69) is 31.1 Å². The maximum atomic E-state index is 12.7. The van der Waals surface area contributed by atoms with Crippen molar-refractivity contribution in [3.05, 3.63) is 75.1 Å². The number of fused-ring (bicyclic) bond motifs is 3. The fraction of sp³-hybridized carbons (Fsp3) is 0.320. The molecule has 0 aliphatic carbocycles. The molecule has 1 amide bonds. The van der Waals surface area contributed by atoms with Crippen LogP contribution in [0.3, 0.4) is 0 Å². The number of amides is 1. The predicted octanol–water partition coefficient (Wildman–Crippen LogP) is 4.71. The van der Waals surface area contributed by atoms with Crippen LogP contribution in [0.25, 0.3) is 21.9 Å². The van der Waals surface area contributed by atoms with Gasteiger partial charge < -0.3 is 14.2 Å². The Labute approximate surface area is 180 Å². The van der Waals surface area contributed by atoms with Crippen LogP contribution in [0.15, 0.2) is 50.4 Å². The molecule has 1 aromatic carbocycles. The summed E-state index contributed by atoms with van der Waals surface area (Å²) in [6.45, 7) is 10.5. The molecule has 0 saturated carbocycles. The van der Waals surface area contributed by atoms with Gasteiger partial charge in [-0.15, -0.1) is 0 Å². The van der Waals surface area contributed by atoms with E-state index in [0.717, 1.165) is 27.6 Å². The first-order chi connectivity index (χ1) is 14.7. The van der Waals surface area contributed by atoms with Crippen molar-refractivity contribution in [1.82, 2.24) is 10.3 Å². The number of benzene rings is 1. The summed E-state index contributed by atoms with van der Waals surface area (Å²) >= 11 is 0. The molecule has 160 valence electrons. The minimum Gasteiger partial charge on any atom is -0.463 e. The molecule has 0 bridgehead atoms. The van der Waals surface area contributed by atoms with Gasteiger partial charge in [0.05, 0.1) is 35.9 Å². The van der Waals surface area contributed by atoms with Gasteiger partial charge in [0, 0.05) is 17.1 Å². The van der Waals surface area contributed by atoms with Crippen LogP contribution in [-0.4, -0.2) is 10.9 Å². The SMILES string of the molecule is Cc1cc2oc(=O)c(CC(=O)NCc3ccccn3)c(C)c2c2occ(C(C)(C)C)c12. The first kappa shape index (κ1) is 20.8. The summed E-state index contributed by atoms with van der Waals surface area (Å²) < 4.78 is 11.6. The number of carbonyl (C=O) groups is 1. The highest BCUT2D eigenvalue weighted by Gasteiger charge is 2.25. The lowest BCUT2D eigenvalue weighted by molar-refractivity contribution is -0.120. The van der Waals surface area contributed by atoms with Gasteiger partial charge in [-0.05, 0) is 48.6 Å². The third-order valence-electron chi connectivity index (χ3n) is 5.62. The van der Waals surface area contributed by atoms with Crippen LogP contribution in [-0.2, 0) is 23.2 Å². The van der Waals surface area contributed by atoms with Crippen LogP contribution in [0.1, 0.15) is 48.7 Å². The lowest BCUT2D eigenvalue weighted by Crippen LogP contribution is -2.27. The first-order valence-corrected chi connectivity index (χ1v) is 10.3. The minimum atomic E-state index is -0.501. The number of hydrogen-bond acceptors (Lipinski definition) is 5. The summed E-state index contributed by atoms with van der Waals surface area (Å²) in [5.74, 6) is -0.265. The molecule has 0 unspecified atom stereocenters. The number of aryl methyl sites for hydroxylation is 2. The van der Waals surface area contributed by atoms with Gasteiger partial charge in [-0.1, -0.05) is 26.8 Å². The molecule has 0 fully saturated rings. The number of aromatic nitrogens is 1. The van der Waals surface area contributed by atoms with E-state index in [1.54, 1.807) is 12.5 Å². The summed E-state index contributed by atoms with van der Waals surface area (Å²) in [5.41, 5.74) is 4.45. The Morgan fingerprint density at radius 3 is 2.61 bits per heavy atom. The fourth-order valence-electron chi connectivity index (χ4n) is 3.96. The van der Waals surface area contributed by atoms with Crippen molar-refractivity contribution >= 4 is 27.8 Å². The first-order valence-electron chi connectivity index (χ1n) is 10.3. The average molecular weight is 418 g/mol. The van der Waals surface area contributed by atoms with Crippen LogP contribution in [0.2, 0.25) is 0 Å². The molecule has 4 rings (SSSR count). The van der Waals surface area contributed by atoms with E-state index in [9.17, 15) is 9.59 Å². The number of nitrogens with zero attached hydrogens (tertiary/aromatic N) is 1. The lowest BCUT2D eigenvalue weighted by atomic mass is 9.85. The van der Waals surface area contributed by atoms with Crippen LogP contribution in [0.5, 0.6) is 0 Å². The van der Waals surface area contributed by atoms with Crippen LogP contribution in [0.4, 0.5) is 0 Å². The van der Waals surface area contributed by atoms with Gasteiger partial charge in [-0.3, -0.25) is 9.78 Å². The van der Waals surface area contributed by atoms with E-state index >= 15 is 0 Å². The summed E-state index contributed by atoms with van der Waals surface area (Å²) in [7, 11) is 0. The third-order valence-corrected chi connectivity index (χ3v) is 5.62. The van der Waals surface area contributed by atoms with E-state index in [1.165, 1.54) is 0 Å². The van der Waals surface area contributed by atoms with Crippen molar-refractivity contribution in [2.45, 2.75) is 53.0 Å². The topological polar surface area (TPSA) is 85.3 Å². The molecule has 31 heavy (non-hydrogen) atoms. The summed E-state index contributed by atoms with van der Waals surface area (Å²) in [6, 6.07) is 7.39. The smallest absolute Gasteiger partial charge is 0.340 e. The molecule has 4 aromatic rings. The molecule has 0 atom stereocenters. The molecule has 0 aliphatic heterocycles. The largest absolute Gasteiger partial charge is 0.463 e. The molecule has 0 radical (unpaired) electrons. The average Bonchev–Trinajstić information content (AvgIpc) is 3.16. The Hall–Kier alpha value is -3.41. The second kappa shape index (κ2) is 7.69. The van der Waals surface area contributed by atoms with E-state index in [0.29, 0.717) is 28.8 Å². The summed E-state index contributed by atoms with van der Waals surface area (Å²) in [4.78, 5) is 29.4. The highest BCUT2D eigenvalue weighted by Crippen LogP contribution is 2.38.